The second-order valence-electron chi connectivity index (χ2n) is 15.1. The van der Waals surface area contributed by atoms with Crippen LogP contribution in [0.4, 0.5) is 17.1 Å². The van der Waals surface area contributed by atoms with Crippen LogP contribution in [0.25, 0.3) is 11.1 Å². The van der Waals surface area contributed by atoms with E-state index in [1.807, 2.05) is 67.5 Å². The second-order valence-corrected chi connectivity index (χ2v) is 18.3. The molecule has 14 heteroatoms. The summed E-state index contributed by atoms with van der Waals surface area (Å²) >= 11 is 7.79. The largest absolute Gasteiger partial charge is 0.376 e. The lowest BCUT2D eigenvalue weighted by atomic mass is 9.92. The Labute approximate surface area is 349 Å². The van der Waals surface area contributed by atoms with Crippen molar-refractivity contribution in [2.75, 3.05) is 56.2 Å². The molecule has 2 aliphatic rings. The zero-order valence-electron chi connectivity index (χ0n) is 32.5. The number of amides is 1. The third kappa shape index (κ3) is 10.0. The van der Waals surface area contributed by atoms with Crippen LogP contribution in [0, 0.1) is 10.1 Å². The molecule has 0 bridgehead atoms. The molecule has 1 amide bonds. The highest BCUT2D eigenvalue weighted by Crippen LogP contribution is 2.35. The average molecular weight is 839 g/mol. The molecule has 2 N–H and O–H groups in total. The Morgan fingerprint density at radius 2 is 1.72 bits per heavy atom. The van der Waals surface area contributed by atoms with Crippen LogP contribution in [-0.2, 0) is 23.0 Å². The van der Waals surface area contributed by atoms with E-state index in [2.05, 4.69) is 56.2 Å². The number of carbonyl (C=O) groups excluding carboxylic acids is 1. The van der Waals surface area contributed by atoms with E-state index in [9.17, 15) is 23.3 Å². The van der Waals surface area contributed by atoms with Gasteiger partial charge in [0.05, 0.1) is 9.82 Å². The quantitative estimate of drug-likeness (QED) is 0.0605. The maximum absolute atomic E-state index is 13.5. The standard InChI is InChI=1S/C44H47ClN6O5S2/c1-48(2)23-22-36(30-57-38-9-4-3-5-10-38)46-41-20-19-39(27-43(41)51(53)54)58(55,56)47-44(52)33-15-21-42-32(26-33)14-18-37-29-49(24-25-50(37)42)28-34-8-6-7-11-40(34)31-12-16-35(45)17-13-31/h3-13,15-17,19-21,26-27,36-37,46H,14,18,22-25,28-30H2,1-2H3,(H,47,52)/t36?,37-/m1/s1. The fraction of sp³-hybridized carbons (Fsp3) is 0.295. The van der Waals surface area contributed by atoms with Gasteiger partial charge >= 0.3 is 0 Å². The lowest BCUT2D eigenvalue weighted by molar-refractivity contribution is -0.384. The molecule has 1 unspecified atom stereocenters. The minimum absolute atomic E-state index is 0.139. The molecule has 1 saturated heterocycles. The van der Waals surface area contributed by atoms with E-state index in [1.165, 1.54) is 23.3 Å². The Morgan fingerprint density at radius 1 is 0.966 bits per heavy atom. The number of rotatable bonds is 15. The van der Waals surface area contributed by atoms with Gasteiger partial charge < -0.3 is 15.1 Å². The molecule has 1 fully saturated rings. The van der Waals surface area contributed by atoms with Gasteiger partial charge in [0.25, 0.3) is 21.6 Å². The van der Waals surface area contributed by atoms with E-state index >= 15 is 0 Å². The summed E-state index contributed by atoms with van der Waals surface area (Å²) in [5, 5.41) is 16.2. The monoisotopic (exact) mass is 838 g/mol. The molecule has 0 radical (unpaired) electrons. The molecule has 5 aromatic carbocycles. The number of nitro benzene ring substituents is 1. The number of sulfonamides is 1. The van der Waals surface area contributed by atoms with E-state index in [0.717, 1.165) is 73.3 Å². The van der Waals surface area contributed by atoms with Crippen molar-refractivity contribution < 1.29 is 18.1 Å². The summed E-state index contributed by atoms with van der Waals surface area (Å²) in [6.45, 7) is 4.18. The number of aryl methyl sites for hydroxylation is 1. The maximum atomic E-state index is 13.5. The third-order valence-electron chi connectivity index (χ3n) is 10.7. The van der Waals surface area contributed by atoms with Crippen molar-refractivity contribution in [1.82, 2.24) is 14.5 Å². The van der Waals surface area contributed by atoms with Crippen molar-refractivity contribution in [1.29, 1.82) is 0 Å². The first kappa shape index (κ1) is 41.2. The fourth-order valence-electron chi connectivity index (χ4n) is 7.70. The normalized spacial score (nSPS) is 16.0. The highest BCUT2D eigenvalue weighted by Gasteiger charge is 2.33. The number of thioether (sulfide) groups is 1. The number of hydrogen-bond acceptors (Lipinski definition) is 10. The molecule has 58 heavy (non-hydrogen) atoms. The van der Waals surface area contributed by atoms with Gasteiger partial charge in [-0.25, -0.2) is 13.1 Å². The third-order valence-corrected chi connectivity index (χ3v) is 13.5. The van der Waals surface area contributed by atoms with Gasteiger partial charge in [-0.2, -0.15) is 0 Å². The molecule has 2 aliphatic heterocycles. The number of nitro groups is 1. The predicted octanol–water partition coefficient (Wildman–Crippen LogP) is 8.20. The first-order valence-electron chi connectivity index (χ1n) is 19.3. The van der Waals surface area contributed by atoms with Crippen molar-refractivity contribution in [3.63, 3.8) is 0 Å². The number of hydrogen-bond donors (Lipinski definition) is 2. The molecule has 5 aromatic rings. The maximum Gasteiger partial charge on any atom is 0.293 e. The summed E-state index contributed by atoms with van der Waals surface area (Å²) in [6.07, 6.45) is 2.36. The second kappa shape index (κ2) is 18.3. The van der Waals surface area contributed by atoms with Crippen LogP contribution in [0.1, 0.15) is 34.3 Å². The van der Waals surface area contributed by atoms with Crippen LogP contribution in [0.5, 0.6) is 0 Å². The highest BCUT2D eigenvalue weighted by molar-refractivity contribution is 7.99. The minimum atomic E-state index is -4.44. The number of benzene rings is 5. The van der Waals surface area contributed by atoms with Crippen LogP contribution < -0.4 is 14.9 Å². The molecule has 0 aromatic heterocycles. The zero-order valence-corrected chi connectivity index (χ0v) is 34.9. The van der Waals surface area contributed by atoms with Gasteiger partial charge in [-0.05, 0) is 117 Å². The van der Waals surface area contributed by atoms with Gasteiger partial charge in [-0.15, -0.1) is 11.8 Å². The number of piperazine rings is 1. The molecule has 2 atom stereocenters. The fourth-order valence-corrected chi connectivity index (χ4v) is 9.82. The number of fused-ring (bicyclic) bond motifs is 3. The summed E-state index contributed by atoms with van der Waals surface area (Å²) in [6, 6.07) is 35.5. The van der Waals surface area contributed by atoms with Crippen molar-refractivity contribution in [2.45, 2.75) is 47.7 Å². The van der Waals surface area contributed by atoms with E-state index in [4.69, 9.17) is 11.6 Å². The van der Waals surface area contributed by atoms with Crippen LogP contribution in [0.2, 0.25) is 5.02 Å². The van der Waals surface area contributed by atoms with Crippen LogP contribution in [-0.4, -0.2) is 87.2 Å². The van der Waals surface area contributed by atoms with Gasteiger partial charge in [0.1, 0.15) is 5.69 Å². The summed E-state index contributed by atoms with van der Waals surface area (Å²) in [5.74, 6) is -0.149. The van der Waals surface area contributed by atoms with Gasteiger partial charge in [-0.1, -0.05) is 66.2 Å². The topological polar surface area (TPSA) is 128 Å². The Balaban J connectivity index is 1.000. The predicted molar refractivity (Wildman–Crippen MR) is 234 cm³/mol. The van der Waals surface area contributed by atoms with Crippen molar-refractivity contribution >= 4 is 56.4 Å². The lowest BCUT2D eigenvalue weighted by Gasteiger charge is -2.46. The lowest BCUT2D eigenvalue weighted by Crippen LogP contribution is -2.54. The van der Waals surface area contributed by atoms with Crippen molar-refractivity contribution in [3.05, 3.63) is 147 Å². The minimum Gasteiger partial charge on any atom is -0.376 e. The average Bonchev–Trinajstić information content (AvgIpc) is 3.22. The first-order chi connectivity index (χ1) is 27.9. The van der Waals surface area contributed by atoms with E-state index in [0.29, 0.717) is 23.2 Å². The van der Waals surface area contributed by atoms with Gasteiger partial charge in [0, 0.05) is 71.3 Å². The van der Waals surface area contributed by atoms with Crippen LogP contribution in [0.15, 0.2) is 125 Å². The van der Waals surface area contributed by atoms with E-state index in [-0.39, 0.29) is 27.9 Å². The Kier molecular flexibility index (Phi) is 13.0. The molecular weight excluding hydrogens is 792 g/mol. The summed E-state index contributed by atoms with van der Waals surface area (Å²) < 4.78 is 29.2. The van der Waals surface area contributed by atoms with Gasteiger partial charge in [-0.3, -0.25) is 19.8 Å². The number of nitrogens with zero attached hydrogens (tertiary/aromatic N) is 4. The van der Waals surface area contributed by atoms with E-state index in [1.54, 1.807) is 23.9 Å². The van der Waals surface area contributed by atoms with Crippen molar-refractivity contribution in [3.8, 4) is 11.1 Å². The summed E-state index contributed by atoms with van der Waals surface area (Å²) in [4.78, 5) is 32.7. The van der Waals surface area contributed by atoms with Crippen LogP contribution in [0.3, 0.4) is 0 Å². The number of carbonyl (C=O) groups is 1. The molecule has 11 nitrogen and oxygen atoms in total. The van der Waals surface area contributed by atoms with Gasteiger partial charge in [0.2, 0.25) is 0 Å². The van der Waals surface area contributed by atoms with Gasteiger partial charge in [0.15, 0.2) is 0 Å². The molecular formula is C44H47ClN6O5S2. The first-order valence-corrected chi connectivity index (χ1v) is 22.2. The molecule has 0 saturated carbocycles. The Morgan fingerprint density at radius 3 is 2.48 bits per heavy atom. The molecule has 7 rings (SSSR count). The van der Waals surface area contributed by atoms with Crippen LogP contribution >= 0.6 is 23.4 Å². The molecule has 0 aliphatic carbocycles. The molecule has 302 valence electrons. The Bertz CT molecular complexity index is 2360. The number of anilines is 2. The highest BCUT2D eigenvalue weighted by atomic mass is 35.5. The number of nitrogens with one attached hydrogen (secondary N) is 2. The smallest absolute Gasteiger partial charge is 0.293 e. The number of halogens is 1. The summed E-state index contributed by atoms with van der Waals surface area (Å²) in [5.41, 5.74) is 5.69. The Hall–Kier alpha value is -4.92. The molecule has 0 spiro atoms. The SMILES string of the molecule is CN(C)CCC(CSc1ccccc1)Nc1ccc(S(=O)(=O)NC(=O)c2ccc3c(c2)CC[C@@H]2CN(Cc4ccccc4-c4ccc(Cl)cc4)CCN32)cc1[N+](=O)[O-]. The van der Waals surface area contributed by atoms with E-state index < -0.39 is 20.9 Å². The zero-order chi connectivity index (χ0) is 40.8. The summed E-state index contributed by atoms with van der Waals surface area (Å²) in [7, 11) is -0.509. The molecule has 2 heterocycles. The van der Waals surface area contributed by atoms with Crippen molar-refractivity contribution in [2.24, 2.45) is 0 Å².